The van der Waals surface area contributed by atoms with Gasteiger partial charge in [0.05, 0.1) is 16.9 Å². The van der Waals surface area contributed by atoms with E-state index in [-0.39, 0.29) is 11.7 Å². The molecular formula is C12H10ClFN4O. The van der Waals surface area contributed by atoms with Crippen LogP contribution >= 0.6 is 11.6 Å². The van der Waals surface area contributed by atoms with Gasteiger partial charge in [-0.25, -0.2) is 9.37 Å². The van der Waals surface area contributed by atoms with Gasteiger partial charge in [0.2, 0.25) is 5.89 Å². The van der Waals surface area contributed by atoms with Gasteiger partial charge < -0.3 is 9.09 Å². The van der Waals surface area contributed by atoms with Crippen LogP contribution in [0.4, 0.5) is 4.39 Å². The SMILES string of the molecule is Fc1ccc2c(c1)nc(CCl)n2CCc1ncno1. The number of hydrogen-bond acceptors (Lipinski definition) is 4. The van der Waals surface area contributed by atoms with Crippen molar-refractivity contribution in [1.29, 1.82) is 0 Å². The van der Waals surface area contributed by atoms with Crippen LogP contribution < -0.4 is 0 Å². The van der Waals surface area contributed by atoms with Crippen LogP contribution in [-0.2, 0) is 18.8 Å². The second-order valence-corrected chi connectivity index (χ2v) is 4.30. The average molecular weight is 281 g/mol. The Morgan fingerprint density at radius 1 is 1.37 bits per heavy atom. The second-order valence-electron chi connectivity index (χ2n) is 4.03. The van der Waals surface area contributed by atoms with Gasteiger partial charge in [0, 0.05) is 19.0 Å². The third-order valence-electron chi connectivity index (χ3n) is 2.87. The van der Waals surface area contributed by atoms with Crippen molar-refractivity contribution in [3.63, 3.8) is 0 Å². The van der Waals surface area contributed by atoms with E-state index in [0.717, 1.165) is 5.52 Å². The molecule has 3 rings (SSSR count). The highest BCUT2D eigenvalue weighted by molar-refractivity contribution is 6.16. The molecule has 0 saturated heterocycles. The van der Waals surface area contributed by atoms with Gasteiger partial charge in [-0.2, -0.15) is 4.98 Å². The van der Waals surface area contributed by atoms with E-state index in [4.69, 9.17) is 16.1 Å². The maximum absolute atomic E-state index is 13.2. The van der Waals surface area contributed by atoms with E-state index in [1.54, 1.807) is 6.07 Å². The fraction of sp³-hybridized carbons (Fsp3) is 0.250. The van der Waals surface area contributed by atoms with Crippen molar-refractivity contribution >= 4 is 22.6 Å². The number of hydrogen-bond donors (Lipinski definition) is 0. The summed E-state index contributed by atoms with van der Waals surface area (Å²) in [6.07, 6.45) is 1.94. The third-order valence-corrected chi connectivity index (χ3v) is 3.10. The zero-order valence-electron chi connectivity index (χ0n) is 9.88. The number of alkyl halides is 1. The lowest BCUT2D eigenvalue weighted by atomic mass is 10.3. The molecule has 0 spiro atoms. The lowest BCUT2D eigenvalue weighted by Crippen LogP contribution is -2.05. The minimum atomic E-state index is -0.310. The van der Waals surface area contributed by atoms with Crippen molar-refractivity contribution < 1.29 is 8.91 Å². The molecule has 0 N–H and O–H groups in total. The summed E-state index contributed by atoms with van der Waals surface area (Å²) in [5, 5.41) is 3.55. The van der Waals surface area contributed by atoms with Gasteiger partial charge >= 0.3 is 0 Å². The molecular weight excluding hydrogens is 271 g/mol. The summed E-state index contributed by atoms with van der Waals surface area (Å²) in [6, 6.07) is 4.50. The Morgan fingerprint density at radius 3 is 3.00 bits per heavy atom. The molecule has 98 valence electrons. The number of nitrogens with zero attached hydrogens (tertiary/aromatic N) is 4. The standard InChI is InChI=1S/C12H10ClFN4O/c13-6-11-17-9-5-8(14)1-2-10(9)18(11)4-3-12-15-7-16-19-12/h1-2,5,7H,3-4,6H2. The summed E-state index contributed by atoms with van der Waals surface area (Å²) < 4.78 is 20.1. The van der Waals surface area contributed by atoms with E-state index in [1.165, 1.54) is 18.5 Å². The first-order valence-corrected chi connectivity index (χ1v) is 6.27. The summed E-state index contributed by atoms with van der Waals surface area (Å²) in [7, 11) is 0. The van der Waals surface area contributed by atoms with E-state index < -0.39 is 0 Å². The van der Waals surface area contributed by atoms with E-state index in [0.29, 0.717) is 30.2 Å². The Labute approximate surface area is 113 Å². The summed E-state index contributed by atoms with van der Waals surface area (Å²) >= 11 is 5.88. The molecule has 3 aromatic rings. The van der Waals surface area contributed by atoms with Crippen LogP contribution in [0, 0.1) is 5.82 Å². The minimum Gasteiger partial charge on any atom is -0.340 e. The maximum Gasteiger partial charge on any atom is 0.228 e. The summed E-state index contributed by atoms with van der Waals surface area (Å²) in [5.74, 6) is 1.20. The Morgan fingerprint density at radius 2 is 2.26 bits per heavy atom. The molecule has 0 atom stereocenters. The Hall–Kier alpha value is -1.95. The monoisotopic (exact) mass is 280 g/mol. The van der Waals surface area contributed by atoms with Gasteiger partial charge in [-0.15, -0.1) is 11.6 Å². The first-order chi connectivity index (χ1) is 9.28. The quantitative estimate of drug-likeness (QED) is 0.689. The fourth-order valence-corrected chi connectivity index (χ4v) is 2.22. The number of rotatable bonds is 4. The van der Waals surface area contributed by atoms with Crippen molar-refractivity contribution in [3.05, 3.63) is 42.1 Å². The molecule has 2 aromatic heterocycles. The predicted molar refractivity (Wildman–Crippen MR) is 67.3 cm³/mol. The number of benzene rings is 1. The topological polar surface area (TPSA) is 56.7 Å². The molecule has 0 aliphatic carbocycles. The smallest absolute Gasteiger partial charge is 0.228 e. The lowest BCUT2D eigenvalue weighted by molar-refractivity contribution is 0.371. The molecule has 0 radical (unpaired) electrons. The Kier molecular flexibility index (Phi) is 3.16. The average Bonchev–Trinajstić information content (AvgIpc) is 3.02. The first kappa shape index (κ1) is 12.1. The van der Waals surface area contributed by atoms with Gasteiger partial charge in [-0.3, -0.25) is 0 Å². The third kappa shape index (κ3) is 2.31. The van der Waals surface area contributed by atoms with Crippen LogP contribution in [0.5, 0.6) is 0 Å². The normalized spacial score (nSPS) is 11.3. The van der Waals surface area contributed by atoms with Gasteiger partial charge in [-0.05, 0) is 12.1 Å². The highest BCUT2D eigenvalue weighted by Crippen LogP contribution is 2.19. The molecule has 0 fully saturated rings. The molecule has 0 unspecified atom stereocenters. The van der Waals surface area contributed by atoms with Crippen LogP contribution in [0.1, 0.15) is 11.7 Å². The number of fused-ring (bicyclic) bond motifs is 1. The molecule has 0 bridgehead atoms. The molecule has 2 heterocycles. The maximum atomic E-state index is 13.2. The molecule has 5 nitrogen and oxygen atoms in total. The molecule has 0 saturated carbocycles. The highest BCUT2D eigenvalue weighted by Gasteiger charge is 2.11. The summed E-state index contributed by atoms with van der Waals surface area (Å²) in [6.45, 7) is 0.604. The molecule has 19 heavy (non-hydrogen) atoms. The van der Waals surface area contributed by atoms with E-state index in [9.17, 15) is 4.39 Å². The van der Waals surface area contributed by atoms with Crippen molar-refractivity contribution in [2.24, 2.45) is 0 Å². The number of imidazole rings is 1. The van der Waals surface area contributed by atoms with Crippen LogP contribution in [0.3, 0.4) is 0 Å². The Bertz CT molecular complexity index is 695. The van der Waals surface area contributed by atoms with Crippen molar-refractivity contribution in [3.8, 4) is 0 Å². The Balaban J connectivity index is 1.96. The van der Waals surface area contributed by atoms with E-state index >= 15 is 0 Å². The summed E-state index contributed by atoms with van der Waals surface area (Å²) in [5.41, 5.74) is 1.44. The molecule has 0 amide bonds. The number of aromatic nitrogens is 4. The van der Waals surface area contributed by atoms with E-state index in [1.807, 2.05) is 4.57 Å². The predicted octanol–water partition coefficient (Wildman–Crippen LogP) is 2.54. The highest BCUT2D eigenvalue weighted by atomic mass is 35.5. The summed E-state index contributed by atoms with van der Waals surface area (Å²) in [4.78, 5) is 8.28. The van der Waals surface area contributed by atoms with Crippen LogP contribution in [0.2, 0.25) is 0 Å². The lowest BCUT2D eigenvalue weighted by Gasteiger charge is -2.05. The second kappa shape index (κ2) is 4.97. The number of halogens is 2. The zero-order chi connectivity index (χ0) is 13.2. The van der Waals surface area contributed by atoms with Gasteiger partial charge in [0.1, 0.15) is 11.6 Å². The molecule has 0 aliphatic heterocycles. The van der Waals surface area contributed by atoms with E-state index in [2.05, 4.69) is 15.1 Å². The molecule has 0 aliphatic rings. The van der Waals surface area contributed by atoms with Crippen LogP contribution in [-0.4, -0.2) is 19.7 Å². The van der Waals surface area contributed by atoms with Gasteiger partial charge in [0.15, 0.2) is 6.33 Å². The largest absolute Gasteiger partial charge is 0.340 e. The van der Waals surface area contributed by atoms with Crippen molar-refractivity contribution in [1.82, 2.24) is 19.7 Å². The molecule has 1 aromatic carbocycles. The fourth-order valence-electron chi connectivity index (χ4n) is 2.02. The zero-order valence-corrected chi connectivity index (χ0v) is 10.6. The van der Waals surface area contributed by atoms with Gasteiger partial charge in [0.25, 0.3) is 0 Å². The van der Waals surface area contributed by atoms with Crippen LogP contribution in [0.25, 0.3) is 11.0 Å². The first-order valence-electron chi connectivity index (χ1n) is 5.74. The number of aryl methyl sites for hydroxylation is 2. The van der Waals surface area contributed by atoms with Crippen molar-refractivity contribution in [2.75, 3.05) is 0 Å². The van der Waals surface area contributed by atoms with Gasteiger partial charge in [-0.1, -0.05) is 5.16 Å². The van der Waals surface area contributed by atoms with Crippen molar-refractivity contribution in [2.45, 2.75) is 18.8 Å². The molecule has 7 heteroatoms. The van der Waals surface area contributed by atoms with Crippen LogP contribution in [0.15, 0.2) is 29.0 Å². The minimum absolute atomic E-state index is 0.264.